The zero-order valence-electron chi connectivity index (χ0n) is 13.9. The highest BCUT2D eigenvalue weighted by Gasteiger charge is 2.13. The van der Waals surface area contributed by atoms with E-state index in [-0.39, 0.29) is 0 Å². The molecule has 0 aliphatic carbocycles. The molecule has 0 saturated heterocycles. The normalized spacial score (nSPS) is 11.0. The van der Waals surface area contributed by atoms with E-state index in [9.17, 15) is 0 Å². The molecule has 0 amide bonds. The monoisotopic (exact) mass is 457 g/mol. The number of nitrogens with zero attached hydrogens (tertiary/aromatic N) is 2. The fourth-order valence-corrected chi connectivity index (χ4v) is 4.04. The maximum Gasteiger partial charge on any atom is 0.143 e. The van der Waals surface area contributed by atoms with Gasteiger partial charge >= 0.3 is 0 Å². The molecule has 4 aromatic rings. The van der Waals surface area contributed by atoms with Crippen molar-refractivity contribution in [2.45, 2.75) is 13.8 Å². The number of hydrogen-bond donors (Lipinski definition) is 1. The van der Waals surface area contributed by atoms with Crippen molar-refractivity contribution in [2.75, 3.05) is 5.32 Å². The Labute approximate surface area is 164 Å². The van der Waals surface area contributed by atoms with Crippen molar-refractivity contribution in [3.63, 3.8) is 0 Å². The summed E-state index contributed by atoms with van der Waals surface area (Å²) in [5, 5.41) is 6.70. The van der Waals surface area contributed by atoms with Gasteiger partial charge in [0, 0.05) is 20.2 Å². The summed E-state index contributed by atoms with van der Waals surface area (Å²) >= 11 is 3.96. The van der Waals surface area contributed by atoms with E-state index in [1.807, 2.05) is 0 Å². The molecule has 0 aliphatic rings. The first-order valence-corrected chi connectivity index (χ1v) is 9.90. The molecule has 5 heteroatoms. The van der Waals surface area contributed by atoms with Crippen LogP contribution >= 0.6 is 33.9 Å². The predicted octanol–water partition coefficient (Wildman–Crippen LogP) is 6.32. The van der Waals surface area contributed by atoms with Gasteiger partial charge in [-0.1, -0.05) is 18.2 Å². The van der Waals surface area contributed by atoms with Crippen molar-refractivity contribution in [3.05, 3.63) is 68.9 Å². The number of aryl methyl sites for hydroxylation is 2. The van der Waals surface area contributed by atoms with Gasteiger partial charge in [0.2, 0.25) is 0 Å². The molecule has 0 saturated carbocycles. The summed E-state index contributed by atoms with van der Waals surface area (Å²) in [5.41, 5.74) is 6.00. The van der Waals surface area contributed by atoms with Crippen LogP contribution in [0.3, 0.4) is 0 Å². The zero-order valence-corrected chi connectivity index (χ0v) is 16.9. The molecule has 124 valence electrons. The third-order valence-electron chi connectivity index (χ3n) is 4.30. The molecule has 25 heavy (non-hydrogen) atoms. The number of fused-ring (bicyclic) bond motifs is 1. The summed E-state index contributed by atoms with van der Waals surface area (Å²) < 4.78 is 1.21. The van der Waals surface area contributed by atoms with Gasteiger partial charge in [0.25, 0.3) is 0 Å². The molecule has 2 heterocycles. The van der Waals surface area contributed by atoms with Gasteiger partial charge in [0.05, 0.1) is 5.39 Å². The van der Waals surface area contributed by atoms with Crippen LogP contribution in [0.5, 0.6) is 0 Å². The molecule has 1 N–H and O–H groups in total. The van der Waals surface area contributed by atoms with E-state index in [0.29, 0.717) is 0 Å². The lowest BCUT2D eigenvalue weighted by Gasteiger charge is -2.09. The average Bonchev–Trinajstić information content (AvgIpc) is 3.04. The molecule has 3 nitrogen and oxygen atoms in total. The summed E-state index contributed by atoms with van der Waals surface area (Å²) in [6, 6.07) is 14.9. The molecule has 2 aromatic heterocycles. The second-order valence-corrected chi connectivity index (χ2v) is 8.09. The third kappa shape index (κ3) is 3.26. The van der Waals surface area contributed by atoms with E-state index in [1.54, 1.807) is 17.7 Å². The summed E-state index contributed by atoms with van der Waals surface area (Å²) in [7, 11) is 0. The van der Waals surface area contributed by atoms with Crippen molar-refractivity contribution in [1.29, 1.82) is 0 Å². The lowest BCUT2D eigenvalue weighted by atomic mass is 10.0. The second-order valence-electron chi connectivity index (χ2n) is 5.98. The topological polar surface area (TPSA) is 37.8 Å². The Morgan fingerprint density at radius 2 is 1.76 bits per heavy atom. The molecule has 0 atom stereocenters. The van der Waals surface area contributed by atoms with Crippen molar-refractivity contribution < 1.29 is 0 Å². The van der Waals surface area contributed by atoms with Crippen molar-refractivity contribution in [2.24, 2.45) is 0 Å². The van der Waals surface area contributed by atoms with Crippen LogP contribution < -0.4 is 5.32 Å². The van der Waals surface area contributed by atoms with Gasteiger partial charge in [-0.25, -0.2) is 9.97 Å². The Kier molecular flexibility index (Phi) is 4.43. The molecule has 0 unspecified atom stereocenters. The van der Waals surface area contributed by atoms with Crippen LogP contribution in [-0.2, 0) is 0 Å². The number of aromatic nitrogens is 2. The lowest BCUT2D eigenvalue weighted by molar-refractivity contribution is 1.23. The standard InChI is InChI=1S/C20H16IN3S/c1-12-3-4-14(9-13(12)2)17-10-25-20-18(17)19(22-11-23-20)24-16-7-5-15(21)6-8-16/h3-11H,1-2H3,(H,22,23,24). The maximum atomic E-state index is 4.51. The van der Waals surface area contributed by atoms with E-state index in [2.05, 4.69) is 99.6 Å². The summed E-state index contributed by atoms with van der Waals surface area (Å²) in [4.78, 5) is 9.95. The Balaban J connectivity index is 1.83. The first kappa shape index (κ1) is 16.5. The molecule has 0 bridgehead atoms. The Morgan fingerprint density at radius 3 is 2.52 bits per heavy atom. The van der Waals surface area contributed by atoms with Crippen LogP contribution in [0.15, 0.2) is 54.2 Å². The average molecular weight is 457 g/mol. The quantitative estimate of drug-likeness (QED) is 0.366. The van der Waals surface area contributed by atoms with Crippen LogP contribution in [-0.4, -0.2) is 9.97 Å². The minimum absolute atomic E-state index is 0.848. The van der Waals surface area contributed by atoms with E-state index in [1.165, 1.54) is 25.8 Å². The Hall–Kier alpha value is -1.99. The van der Waals surface area contributed by atoms with Gasteiger partial charge in [-0.15, -0.1) is 11.3 Å². The third-order valence-corrected chi connectivity index (χ3v) is 5.90. The number of anilines is 2. The number of halogens is 1. The number of thiophene rings is 1. The van der Waals surface area contributed by atoms with Crippen molar-refractivity contribution >= 4 is 55.6 Å². The predicted molar refractivity (Wildman–Crippen MR) is 115 cm³/mol. The van der Waals surface area contributed by atoms with Gasteiger partial charge in [-0.3, -0.25) is 0 Å². The highest BCUT2D eigenvalue weighted by molar-refractivity contribution is 14.1. The van der Waals surface area contributed by atoms with Gasteiger partial charge in [-0.05, 0) is 77.4 Å². The number of rotatable bonds is 3. The van der Waals surface area contributed by atoms with E-state index < -0.39 is 0 Å². The van der Waals surface area contributed by atoms with Crippen LogP contribution in [0.1, 0.15) is 11.1 Å². The molecular weight excluding hydrogens is 441 g/mol. The van der Waals surface area contributed by atoms with Gasteiger partial charge in [0.1, 0.15) is 17.0 Å². The summed E-state index contributed by atoms with van der Waals surface area (Å²) in [5.74, 6) is 0.848. The smallest absolute Gasteiger partial charge is 0.143 e. The van der Waals surface area contributed by atoms with Gasteiger partial charge in [-0.2, -0.15) is 0 Å². The lowest BCUT2D eigenvalue weighted by Crippen LogP contribution is -1.95. The van der Waals surface area contributed by atoms with Crippen LogP contribution in [0.4, 0.5) is 11.5 Å². The highest BCUT2D eigenvalue weighted by Crippen LogP contribution is 2.37. The number of hydrogen-bond acceptors (Lipinski definition) is 4. The van der Waals surface area contributed by atoms with Gasteiger partial charge in [0.15, 0.2) is 0 Å². The molecule has 2 aromatic carbocycles. The Bertz CT molecular complexity index is 1050. The van der Waals surface area contributed by atoms with Crippen molar-refractivity contribution in [3.8, 4) is 11.1 Å². The number of benzene rings is 2. The summed E-state index contributed by atoms with van der Waals surface area (Å²) in [6.07, 6.45) is 1.62. The molecular formula is C20H16IN3S. The molecule has 0 fully saturated rings. The fourth-order valence-electron chi connectivity index (χ4n) is 2.76. The van der Waals surface area contributed by atoms with Crippen molar-refractivity contribution in [1.82, 2.24) is 9.97 Å². The zero-order chi connectivity index (χ0) is 17.4. The molecule has 0 spiro atoms. The van der Waals surface area contributed by atoms with E-state index >= 15 is 0 Å². The van der Waals surface area contributed by atoms with Gasteiger partial charge < -0.3 is 5.32 Å². The largest absolute Gasteiger partial charge is 0.340 e. The molecule has 0 radical (unpaired) electrons. The van der Waals surface area contributed by atoms with E-state index in [0.717, 1.165) is 21.7 Å². The summed E-state index contributed by atoms with van der Waals surface area (Å²) in [6.45, 7) is 4.28. The highest BCUT2D eigenvalue weighted by atomic mass is 127. The first-order chi connectivity index (χ1) is 12.1. The minimum Gasteiger partial charge on any atom is -0.340 e. The SMILES string of the molecule is Cc1ccc(-c2csc3ncnc(Nc4ccc(I)cc4)c23)cc1C. The second kappa shape index (κ2) is 6.72. The molecule has 4 rings (SSSR count). The first-order valence-electron chi connectivity index (χ1n) is 7.94. The van der Waals surface area contributed by atoms with Crippen LogP contribution in [0.25, 0.3) is 21.3 Å². The fraction of sp³-hybridized carbons (Fsp3) is 0.100. The number of nitrogens with one attached hydrogen (secondary N) is 1. The van der Waals surface area contributed by atoms with E-state index in [4.69, 9.17) is 0 Å². The maximum absolute atomic E-state index is 4.51. The minimum atomic E-state index is 0.848. The van der Waals surface area contributed by atoms with Crippen LogP contribution in [0.2, 0.25) is 0 Å². The molecule has 0 aliphatic heterocycles. The Morgan fingerprint density at radius 1 is 0.960 bits per heavy atom. The van der Waals surface area contributed by atoms with Crippen LogP contribution in [0, 0.1) is 17.4 Å².